The van der Waals surface area contributed by atoms with E-state index in [0.29, 0.717) is 49.3 Å². The summed E-state index contributed by atoms with van der Waals surface area (Å²) in [5.74, 6) is -2.17. The molecule has 0 atom stereocenters. The van der Waals surface area contributed by atoms with Crippen molar-refractivity contribution in [2.24, 2.45) is 0 Å². The topological polar surface area (TPSA) is 208 Å². The standard InChI is InChI=1S/2C8H7ClO2S.2C6H15NO3.Ni/c2*9-6-1-3-7(4-2-6)12-5-8(10)11;2*8-4-1-7(2-5-9)3-6-10;/h2*1-4H,5H2,(H,10,11);2*8-10H,1-6H2;/q;;;;+2/p-2. The second-order valence-corrected chi connectivity index (χ2v) is 11.2. The minimum Gasteiger partial charge on any atom is -0.549 e. The number of hydrogen-bond donors (Lipinski definition) is 6. The van der Waals surface area contributed by atoms with Gasteiger partial charge in [0, 0.05) is 70.6 Å². The molecule has 0 aromatic heterocycles. The molecule has 0 amide bonds. The minimum absolute atomic E-state index is 0. The number of halogens is 2. The van der Waals surface area contributed by atoms with Crippen molar-refractivity contribution in [3.8, 4) is 0 Å². The van der Waals surface area contributed by atoms with Crippen molar-refractivity contribution in [1.29, 1.82) is 0 Å². The number of carboxylic acid groups (broad SMARTS) is 2. The van der Waals surface area contributed by atoms with Gasteiger partial charge < -0.3 is 50.4 Å². The number of carboxylic acids is 2. The molecule has 0 aliphatic carbocycles. The molecular formula is C28H42Cl2N2NiO10S2. The molecule has 2 aromatic rings. The van der Waals surface area contributed by atoms with E-state index in [1.165, 1.54) is 23.5 Å². The number of aliphatic carboxylic acids is 2. The molecular weight excluding hydrogens is 718 g/mol. The van der Waals surface area contributed by atoms with E-state index in [4.69, 9.17) is 53.8 Å². The molecule has 0 heterocycles. The number of rotatable bonds is 18. The summed E-state index contributed by atoms with van der Waals surface area (Å²) in [6, 6.07) is 14.0. The van der Waals surface area contributed by atoms with Crippen LogP contribution in [0.1, 0.15) is 0 Å². The molecule has 2 aromatic carbocycles. The van der Waals surface area contributed by atoms with E-state index in [9.17, 15) is 19.8 Å². The predicted octanol–water partition coefficient (Wildman–Crippen LogP) is -1.11. The summed E-state index contributed by atoms with van der Waals surface area (Å²) >= 11 is 13.7. The molecule has 0 radical (unpaired) electrons. The molecule has 2 rings (SSSR count). The Hall–Kier alpha value is -1.17. The van der Waals surface area contributed by atoms with Gasteiger partial charge in [0.15, 0.2) is 0 Å². The van der Waals surface area contributed by atoms with Gasteiger partial charge in [0.1, 0.15) is 0 Å². The van der Waals surface area contributed by atoms with E-state index < -0.39 is 11.9 Å². The van der Waals surface area contributed by atoms with Crippen LogP contribution in [0.2, 0.25) is 10.0 Å². The van der Waals surface area contributed by atoms with Crippen molar-refractivity contribution < 1.29 is 66.9 Å². The Morgan fingerprint density at radius 2 is 0.756 bits per heavy atom. The maximum absolute atomic E-state index is 10.1. The smallest absolute Gasteiger partial charge is 0.549 e. The van der Waals surface area contributed by atoms with Gasteiger partial charge in [-0.1, -0.05) is 23.2 Å². The molecule has 0 bridgehead atoms. The van der Waals surface area contributed by atoms with Crippen LogP contribution in [0.25, 0.3) is 0 Å². The average molecular weight is 760 g/mol. The van der Waals surface area contributed by atoms with E-state index in [2.05, 4.69) is 0 Å². The number of benzene rings is 2. The monoisotopic (exact) mass is 758 g/mol. The number of aliphatic hydroxyl groups is 6. The molecule has 6 N–H and O–H groups in total. The third kappa shape index (κ3) is 32.6. The van der Waals surface area contributed by atoms with Crippen LogP contribution in [0, 0.1) is 0 Å². The van der Waals surface area contributed by atoms with Crippen LogP contribution in [0.3, 0.4) is 0 Å². The van der Waals surface area contributed by atoms with Crippen LogP contribution in [-0.2, 0) is 26.1 Å². The summed E-state index contributed by atoms with van der Waals surface area (Å²) in [5.41, 5.74) is 0. The van der Waals surface area contributed by atoms with Crippen LogP contribution in [0.4, 0.5) is 0 Å². The van der Waals surface area contributed by atoms with Crippen molar-refractivity contribution in [2.75, 3.05) is 90.4 Å². The van der Waals surface area contributed by atoms with Gasteiger partial charge >= 0.3 is 16.5 Å². The molecule has 260 valence electrons. The Morgan fingerprint density at radius 1 is 0.533 bits per heavy atom. The maximum atomic E-state index is 10.1. The first-order chi connectivity index (χ1) is 21.1. The fourth-order valence-corrected chi connectivity index (χ4v) is 4.34. The first-order valence-electron chi connectivity index (χ1n) is 13.3. The summed E-state index contributed by atoms with van der Waals surface area (Å²) in [5, 5.41) is 72.4. The third-order valence-electron chi connectivity index (χ3n) is 4.84. The Morgan fingerprint density at radius 3 is 0.933 bits per heavy atom. The fraction of sp³-hybridized carbons (Fsp3) is 0.500. The average Bonchev–Trinajstić information content (AvgIpc) is 2.98. The number of hydrogen-bond acceptors (Lipinski definition) is 14. The van der Waals surface area contributed by atoms with E-state index >= 15 is 0 Å². The Labute approximate surface area is 292 Å². The van der Waals surface area contributed by atoms with Gasteiger partial charge in [-0.3, -0.25) is 9.80 Å². The zero-order chi connectivity index (χ0) is 33.6. The van der Waals surface area contributed by atoms with Gasteiger partial charge in [0.25, 0.3) is 0 Å². The molecule has 0 aliphatic heterocycles. The summed E-state index contributed by atoms with van der Waals surface area (Å²) in [7, 11) is 0. The molecule has 0 spiro atoms. The second-order valence-electron chi connectivity index (χ2n) is 8.25. The van der Waals surface area contributed by atoms with Gasteiger partial charge in [0.2, 0.25) is 0 Å². The second kappa shape index (κ2) is 34.2. The molecule has 0 saturated heterocycles. The number of thioether (sulfide) groups is 2. The zero-order valence-electron chi connectivity index (χ0n) is 24.6. The molecule has 0 fully saturated rings. The van der Waals surface area contributed by atoms with Crippen molar-refractivity contribution in [3.05, 3.63) is 58.6 Å². The summed E-state index contributed by atoms with van der Waals surface area (Å²) in [4.78, 5) is 25.5. The van der Waals surface area contributed by atoms with Gasteiger partial charge in [-0.05, 0) is 48.5 Å². The van der Waals surface area contributed by atoms with E-state index in [0.717, 1.165) is 9.79 Å². The Balaban J connectivity index is -0.000000521. The Bertz CT molecular complexity index is 865. The quantitative estimate of drug-likeness (QED) is 0.0788. The number of carbonyl (C=O) groups excluding carboxylic acids is 2. The Kier molecular flexibility index (Phi) is 36.6. The van der Waals surface area contributed by atoms with E-state index in [-0.39, 0.29) is 67.6 Å². The summed E-state index contributed by atoms with van der Waals surface area (Å²) in [6.45, 7) is 3.51. The van der Waals surface area contributed by atoms with Crippen LogP contribution in [-0.4, -0.2) is 143 Å². The summed E-state index contributed by atoms with van der Waals surface area (Å²) < 4.78 is 0. The molecule has 12 nitrogen and oxygen atoms in total. The molecule has 45 heavy (non-hydrogen) atoms. The van der Waals surface area contributed by atoms with Crippen molar-refractivity contribution in [1.82, 2.24) is 9.80 Å². The molecule has 0 saturated carbocycles. The van der Waals surface area contributed by atoms with E-state index in [1.807, 2.05) is 0 Å². The fourth-order valence-electron chi connectivity index (χ4n) is 2.87. The van der Waals surface area contributed by atoms with Gasteiger partial charge in [-0.2, -0.15) is 0 Å². The van der Waals surface area contributed by atoms with Crippen molar-refractivity contribution in [3.63, 3.8) is 0 Å². The molecule has 17 heteroatoms. The first-order valence-corrected chi connectivity index (χ1v) is 16.1. The SMILES string of the molecule is O=C([O-])CSc1ccc(Cl)cc1.O=C([O-])CSc1ccc(Cl)cc1.OCCN(CCO)CCO.OCCN(CCO)CCO.[Ni+2]. The third-order valence-corrected chi connectivity index (χ3v) is 7.31. The van der Waals surface area contributed by atoms with Gasteiger partial charge in [-0.15, -0.1) is 23.5 Å². The van der Waals surface area contributed by atoms with Crippen LogP contribution in [0.5, 0.6) is 0 Å². The van der Waals surface area contributed by atoms with Gasteiger partial charge in [0.05, 0.1) is 51.6 Å². The number of carbonyl (C=O) groups is 2. The normalized spacial score (nSPS) is 10.0. The largest absolute Gasteiger partial charge is 2.00 e. The maximum Gasteiger partial charge on any atom is 2.00 e. The first kappa shape index (κ1) is 48.2. The molecule has 0 unspecified atom stereocenters. The van der Waals surface area contributed by atoms with Crippen LogP contribution in [0.15, 0.2) is 58.3 Å². The minimum atomic E-state index is -1.06. The number of nitrogens with zero attached hydrogens (tertiary/aromatic N) is 2. The van der Waals surface area contributed by atoms with Crippen molar-refractivity contribution >= 4 is 58.7 Å². The predicted molar refractivity (Wildman–Crippen MR) is 170 cm³/mol. The van der Waals surface area contributed by atoms with Gasteiger partial charge in [-0.25, -0.2) is 0 Å². The van der Waals surface area contributed by atoms with Crippen LogP contribution < -0.4 is 10.2 Å². The van der Waals surface area contributed by atoms with E-state index in [1.54, 1.807) is 58.3 Å². The number of aliphatic hydroxyl groups excluding tert-OH is 6. The zero-order valence-corrected chi connectivity index (χ0v) is 28.8. The van der Waals surface area contributed by atoms with Crippen LogP contribution >= 0.6 is 46.7 Å². The summed E-state index contributed by atoms with van der Waals surface area (Å²) in [6.07, 6.45) is 0. The molecule has 0 aliphatic rings. The van der Waals surface area contributed by atoms with Crippen molar-refractivity contribution in [2.45, 2.75) is 9.79 Å².